The lowest BCUT2D eigenvalue weighted by Crippen LogP contribution is -2.52. The summed E-state index contributed by atoms with van der Waals surface area (Å²) in [5, 5.41) is 3.97. The average molecular weight is 336 g/mol. The van der Waals surface area contributed by atoms with Crippen LogP contribution in [0.5, 0.6) is 0 Å². The predicted molar refractivity (Wildman–Crippen MR) is 94.2 cm³/mol. The number of piperidine rings is 1. The molecule has 0 amide bonds. The maximum atomic E-state index is 6.21. The van der Waals surface area contributed by atoms with E-state index in [1.54, 1.807) is 11.3 Å². The molecule has 22 heavy (non-hydrogen) atoms. The Morgan fingerprint density at radius 3 is 2.77 bits per heavy atom. The van der Waals surface area contributed by atoms with Crippen molar-refractivity contribution in [2.75, 3.05) is 13.1 Å². The molecule has 2 aromatic rings. The van der Waals surface area contributed by atoms with Gasteiger partial charge < -0.3 is 5.73 Å². The van der Waals surface area contributed by atoms with Crippen LogP contribution >= 0.6 is 22.9 Å². The normalized spacial score (nSPS) is 21.9. The summed E-state index contributed by atoms with van der Waals surface area (Å²) in [6, 6.07) is 8.16. The highest BCUT2D eigenvalue weighted by Gasteiger charge is 2.33. The number of likely N-dealkylation sites (tertiary alicyclic amines) is 1. The molecule has 0 bridgehead atoms. The number of nitrogens with two attached hydrogens (primary N) is 1. The molecule has 2 heterocycles. The van der Waals surface area contributed by atoms with Gasteiger partial charge in [0.05, 0.1) is 5.69 Å². The summed E-state index contributed by atoms with van der Waals surface area (Å²) in [7, 11) is 0. The first kappa shape index (κ1) is 15.9. The van der Waals surface area contributed by atoms with Crippen LogP contribution in [0.15, 0.2) is 29.6 Å². The number of benzene rings is 1. The van der Waals surface area contributed by atoms with E-state index in [1.807, 2.05) is 24.3 Å². The Hall–Kier alpha value is -0.940. The molecule has 1 unspecified atom stereocenters. The average Bonchev–Trinajstić information content (AvgIpc) is 2.92. The van der Waals surface area contributed by atoms with E-state index in [4.69, 9.17) is 22.3 Å². The summed E-state index contributed by atoms with van der Waals surface area (Å²) in [4.78, 5) is 7.24. The number of aromatic nitrogens is 1. The molecule has 0 spiro atoms. The lowest BCUT2D eigenvalue weighted by Gasteiger charge is -2.42. The van der Waals surface area contributed by atoms with Crippen molar-refractivity contribution < 1.29 is 0 Å². The van der Waals surface area contributed by atoms with E-state index < -0.39 is 0 Å². The SMILES string of the molecule is CC1(C)CN(Cc2csc(-c3ccc(Cl)cc3)n2)CCC1N. The number of hydrogen-bond acceptors (Lipinski definition) is 4. The van der Waals surface area contributed by atoms with Gasteiger partial charge in [-0.25, -0.2) is 4.98 Å². The molecule has 1 aliphatic heterocycles. The fraction of sp³-hybridized carbons (Fsp3) is 0.471. The maximum Gasteiger partial charge on any atom is 0.123 e. The summed E-state index contributed by atoms with van der Waals surface area (Å²) in [6.07, 6.45) is 1.06. The molecule has 0 aliphatic carbocycles. The smallest absolute Gasteiger partial charge is 0.123 e. The first-order valence-electron chi connectivity index (χ1n) is 7.62. The quantitative estimate of drug-likeness (QED) is 0.921. The van der Waals surface area contributed by atoms with Crippen LogP contribution in [0.3, 0.4) is 0 Å². The van der Waals surface area contributed by atoms with Gasteiger partial charge in [-0.3, -0.25) is 4.90 Å². The Morgan fingerprint density at radius 2 is 2.09 bits per heavy atom. The number of halogens is 1. The molecule has 3 rings (SSSR count). The Bertz CT molecular complexity index is 636. The second-order valence-corrected chi connectivity index (χ2v) is 8.04. The van der Waals surface area contributed by atoms with Crippen molar-refractivity contribution in [2.45, 2.75) is 32.9 Å². The number of rotatable bonds is 3. The highest BCUT2D eigenvalue weighted by molar-refractivity contribution is 7.13. The van der Waals surface area contributed by atoms with Gasteiger partial charge in [-0.05, 0) is 24.0 Å². The third-order valence-corrected chi connectivity index (χ3v) is 5.61. The van der Waals surface area contributed by atoms with Gasteiger partial charge in [-0.1, -0.05) is 37.6 Å². The minimum absolute atomic E-state index is 0.174. The second-order valence-electron chi connectivity index (χ2n) is 6.75. The molecule has 3 nitrogen and oxygen atoms in total. The zero-order valence-electron chi connectivity index (χ0n) is 13.1. The van der Waals surface area contributed by atoms with Crippen molar-refractivity contribution in [2.24, 2.45) is 11.1 Å². The molecule has 5 heteroatoms. The number of hydrogen-bond donors (Lipinski definition) is 1. The van der Waals surface area contributed by atoms with Crippen LogP contribution in [0.1, 0.15) is 26.0 Å². The standard InChI is InChI=1S/C17H22ClN3S/c1-17(2)11-21(8-7-15(17)19)9-14-10-22-16(20-14)12-3-5-13(18)6-4-12/h3-6,10,15H,7-9,11,19H2,1-2H3. The summed E-state index contributed by atoms with van der Waals surface area (Å²) in [5.41, 5.74) is 8.65. The van der Waals surface area contributed by atoms with E-state index in [2.05, 4.69) is 24.1 Å². The van der Waals surface area contributed by atoms with Crippen LogP contribution in [0, 0.1) is 5.41 Å². The van der Waals surface area contributed by atoms with E-state index in [1.165, 1.54) is 0 Å². The van der Waals surface area contributed by atoms with Gasteiger partial charge in [0.1, 0.15) is 5.01 Å². The summed E-state index contributed by atoms with van der Waals surface area (Å²) >= 11 is 7.63. The third-order valence-electron chi connectivity index (χ3n) is 4.42. The predicted octanol–water partition coefficient (Wildman–Crippen LogP) is 4.02. The largest absolute Gasteiger partial charge is 0.327 e. The molecular formula is C17H22ClN3S. The van der Waals surface area contributed by atoms with Gasteiger partial charge in [0.2, 0.25) is 0 Å². The molecule has 1 fully saturated rings. The van der Waals surface area contributed by atoms with Crippen LogP contribution in [-0.2, 0) is 6.54 Å². The number of thiazole rings is 1. The van der Waals surface area contributed by atoms with E-state index in [0.29, 0.717) is 6.04 Å². The van der Waals surface area contributed by atoms with Crippen molar-refractivity contribution in [3.63, 3.8) is 0 Å². The van der Waals surface area contributed by atoms with E-state index in [-0.39, 0.29) is 5.41 Å². The maximum absolute atomic E-state index is 6.21. The molecule has 118 valence electrons. The fourth-order valence-corrected chi connectivity index (χ4v) is 3.90. The van der Waals surface area contributed by atoms with Gasteiger partial charge in [-0.2, -0.15) is 0 Å². The molecule has 1 aliphatic rings. The lowest BCUT2D eigenvalue weighted by molar-refractivity contribution is 0.0891. The Labute approximate surface area is 141 Å². The second kappa shape index (κ2) is 6.28. The summed E-state index contributed by atoms with van der Waals surface area (Å²) < 4.78 is 0. The minimum Gasteiger partial charge on any atom is -0.327 e. The molecule has 1 saturated heterocycles. The highest BCUT2D eigenvalue weighted by Crippen LogP contribution is 2.30. The van der Waals surface area contributed by atoms with Crippen LogP contribution < -0.4 is 5.73 Å². The van der Waals surface area contributed by atoms with Crippen LogP contribution in [0.4, 0.5) is 0 Å². The van der Waals surface area contributed by atoms with E-state index in [0.717, 1.165) is 47.3 Å². The zero-order valence-corrected chi connectivity index (χ0v) is 14.6. The van der Waals surface area contributed by atoms with Gasteiger partial charge in [0, 0.05) is 41.6 Å². The zero-order chi connectivity index (χ0) is 15.7. The Morgan fingerprint density at radius 1 is 1.36 bits per heavy atom. The van der Waals surface area contributed by atoms with E-state index in [9.17, 15) is 0 Å². The minimum atomic E-state index is 0.174. The molecule has 0 radical (unpaired) electrons. The van der Waals surface area contributed by atoms with Crippen molar-refractivity contribution in [1.82, 2.24) is 9.88 Å². The van der Waals surface area contributed by atoms with Crippen LogP contribution in [-0.4, -0.2) is 29.0 Å². The molecule has 0 saturated carbocycles. The van der Waals surface area contributed by atoms with E-state index >= 15 is 0 Å². The lowest BCUT2D eigenvalue weighted by atomic mass is 9.80. The monoisotopic (exact) mass is 335 g/mol. The topological polar surface area (TPSA) is 42.2 Å². The molecular weight excluding hydrogens is 314 g/mol. The van der Waals surface area contributed by atoms with Crippen LogP contribution in [0.25, 0.3) is 10.6 Å². The highest BCUT2D eigenvalue weighted by atomic mass is 35.5. The Kier molecular flexibility index (Phi) is 4.55. The summed E-state index contributed by atoms with van der Waals surface area (Å²) in [6.45, 7) is 7.49. The van der Waals surface area contributed by atoms with Gasteiger partial charge in [0.25, 0.3) is 0 Å². The van der Waals surface area contributed by atoms with Crippen LogP contribution in [0.2, 0.25) is 5.02 Å². The first-order valence-corrected chi connectivity index (χ1v) is 8.88. The molecule has 2 N–H and O–H groups in total. The Balaban J connectivity index is 1.68. The molecule has 1 atom stereocenters. The van der Waals surface area contributed by atoms with Crippen molar-refractivity contribution >= 4 is 22.9 Å². The summed E-state index contributed by atoms with van der Waals surface area (Å²) in [5.74, 6) is 0. The number of nitrogens with zero attached hydrogens (tertiary/aromatic N) is 2. The molecule has 1 aromatic heterocycles. The van der Waals surface area contributed by atoms with Crippen molar-refractivity contribution in [3.05, 3.63) is 40.4 Å². The van der Waals surface area contributed by atoms with Gasteiger partial charge in [0.15, 0.2) is 0 Å². The fourth-order valence-electron chi connectivity index (χ4n) is 2.95. The van der Waals surface area contributed by atoms with Gasteiger partial charge in [-0.15, -0.1) is 11.3 Å². The van der Waals surface area contributed by atoms with Crippen molar-refractivity contribution in [1.29, 1.82) is 0 Å². The molecule has 1 aromatic carbocycles. The third kappa shape index (κ3) is 3.51. The first-order chi connectivity index (χ1) is 10.4. The van der Waals surface area contributed by atoms with Crippen molar-refractivity contribution in [3.8, 4) is 10.6 Å². The van der Waals surface area contributed by atoms with Gasteiger partial charge >= 0.3 is 0 Å².